The van der Waals surface area contributed by atoms with Crippen molar-refractivity contribution in [2.45, 2.75) is 50.7 Å². The van der Waals surface area contributed by atoms with Gasteiger partial charge in [0.2, 0.25) is 17.4 Å². The van der Waals surface area contributed by atoms with Crippen LogP contribution in [0.5, 0.6) is 5.88 Å². The Morgan fingerprint density at radius 2 is 1.81 bits per heavy atom. The molecule has 1 fully saturated rings. The van der Waals surface area contributed by atoms with E-state index in [0.717, 1.165) is 27.8 Å². The lowest BCUT2D eigenvalue weighted by Gasteiger charge is -2.38. The third kappa shape index (κ3) is 5.57. The number of hydrogen-bond donors (Lipinski definition) is 2. The highest BCUT2D eigenvalue weighted by atomic mass is 16.6. The Hall–Kier alpha value is -4.71. The Morgan fingerprint density at radius 1 is 1.07 bits per heavy atom. The maximum absolute atomic E-state index is 13.2. The first-order valence-corrected chi connectivity index (χ1v) is 14.1. The lowest BCUT2D eigenvalue weighted by molar-refractivity contribution is -0.136. The third-order valence-corrected chi connectivity index (χ3v) is 8.14. The van der Waals surface area contributed by atoms with E-state index in [4.69, 9.17) is 4.74 Å². The number of piperidine rings is 1. The highest BCUT2D eigenvalue weighted by Gasteiger charge is 2.35. The summed E-state index contributed by atoms with van der Waals surface area (Å²) in [5.41, 5.74) is 4.19. The zero-order valence-corrected chi connectivity index (χ0v) is 23.3. The lowest BCUT2D eigenvalue weighted by Crippen LogP contribution is -2.50. The van der Waals surface area contributed by atoms with E-state index >= 15 is 0 Å². The van der Waals surface area contributed by atoms with Crippen LogP contribution in [0.3, 0.4) is 0 Å². The minimum atomic E-state index is -1.18. The molecule has 12 heteroatoms. The summed E-state index contributed by atoms with van der Waals surface area (Å²) in [7, 11) is 0. The Kier molecular flexibility index (Phi) is 7.38. The van der Waals surface area contributed by atoms with Crippen LogP contribution in [0.15, 0.2) is 71.9 Å². The maximum Gasteiger partial charge on any atom is 0.433 e. The molecule has 2 aliphatic heterocycles. The maximum atomic E-state index is 13.2. The summed E-state index contributed by atoms with van der Waals surface area (Å²) in [6, 6.07) is 17.7. The molecule has 0 saturated carbocycles. The Labute approximate surface area is 242 Å². The Balaban J connectivity index is 1.06. The first-order chi connectivity index (χ1) is 20.3. The molecule has 218 valence electrons. The van der Waals surface area contributed by atoms with Crippen LogP contribution in [0.25, 0.3) is 5.65 Å². The predicted octanol–water partition coefficient (Wildman–Crippen LogP) is 2.50. The van der Waals surface area contributed by atoms with Gasteiger partial charge in [-0.1, -0.05) is 55.5 Å². The van der Waals surface area contributed by atoms with Gasteiger partial charge in [-0.2, -0.15) is 9.61 Å². The number of carbonyl (C=O) groups excluding carboxylic acids is 2. The van der Waals surface area contributed by atoms with Gasteiger partial charge in [-0.3, -0.25) is 19.2 Å². The van der Waals surface area contributed by atoms with Crippen molar-refractivity contribution in [2.75, 3.05) is 24.6 Å². The minimum Gasteiger partial charge on any atom is -0.388 e. The SMILES string of the molecule is CC(CC(=O)N1CCC(O)(Cn2cnn3c(OC(=O)NN4CCc5ccccc54)cnc3c2=O)CC1)c1ccccc1. The van der Waals surface area contributed by atoms with Crippen molar-refractivity contribution in [1.82, 2.24) is 29.5 Å². The van der Waals surface area contributed by atoms with E-state index in [9.17, 15) is 19.5 Å². The molecule has 0 spiro atoms. The van der Waals surface area contributed by atoms with Gasteiger partial charge in [0.25, 0.3) is 5.56 Å². The van der Waals surface area contributed by atoms with Crippen LogP contribution in [0.2, 0.25) is 0 Å². The van der Waals surface area contributed by atoms with E-state index in [1.165, 1.54) is 17.1 Å². The number of carbonyl (C=O) groups is 2. The van der Waals surface area contributed by atoms with Crippen molar-refractivity contribution in [3.8, 4) is 5.88 Å². The number of nitrogens with zero attached hydrogens (tertiary/aromatic N) is 6. The molecule has 0 bridgehead atoms. The molecule has 4 aromatic rings. The second-order valence-corrected chi connectivity index (χ2v) is 11.0. The standard InChI is InChI=1S/C30H33N7O5/c1-21(22-7-3-2-4-8-22)17-25(38)34-15-12-30(41,13-16-34)19-35-20-32-37-26(18-31-27(37)28(35)39)42-29(40)33-36-14-11-23-9-5-6-10-24(23)36/h2-10,18,20-21,41H,11-17,19H2,1H3,(H,33,40). The molecule has 0 radical (unpaired) electrons. The van der Waals surface area contributed by atoms with Gasteiger partial charge in [0.1, 0.15) is 6.33 Å². The summed E-state index contributed by atoms with van der Waals surface area (Å²) in [4.78, 5) is 44.6. The Morgan fingerprint density at radius 3 is 2.60 bits per heavy atom. The summed E-state index contributed by atoms with van der Waals surface area (Å²) in [6.45, 7) is 3.47. The molecule has 0 aliphatic carbocycles. The highest BCUT2D eigenvalue weighted by molar-refractivity contribution is 5.77. The van der Waals surface area contributed by atoms with Gasteiger partial charge in [-0.05, 0) is 42.4 Å². The summed E-state index contributed by atoms with van der Waals surface area (Å²) >= 11 is 0. The van der Waals surface area contributed by atoms with Gasteiger partial charge in [0, 0.05) is 26.1 Å². The van der Waals surface area contributed by atoms with E-state index in [2.05, 4.69) is 15.5 Å². The van der Waals surface area contributed by atoms with Crippen LogP contribution in [-0.2, 0) is 17.8 Å². The second kappa shape index (κ2) is 11.3. The fourth-order valence-electron chi connectivity index (χ4n) is 5.68. The van der Waals surface area contributed by atoms with E-state index in [1.54, 1.807) is 9.91 Å². The quantitative estimate of drug-likeness (QED) is 0.346. The number of imidazole rings is 1. The number of benzene rings is 2. The molecule has 1 unspecified atom stereocenters. The molecule has 6 rings (SSSR count). The van der Waals surface area contributed by atoms with Crippen LogP contribution in [-0.4, -0.2) is 66.4 Å². The molecule has 12 nitrogen and oxygen atoms in total. The van der Waals surface area contributed by atoms with Gasteiger partial charge in [-0.15, -0.1) is 0 Å². The average Bonchev–Trinajstić information content (AvgIpc) is 3.59. The van der Waals surface area contributed by atoms with Crippen LogP contribution in [0.4, 0.5) is 10.5 Å². The zero-order valence-electron chi connectivity index (χ0n) is 23.3. The first-order valence-electron chi connectivity index (χ1n) is 14.1. The fourth-order valence-corrected chi connectivity index (χ4v) is 5.68. The van der Waals surface area contributed by atoms with Gasteiger partial charge in [0.15, 0.2) is 0 Å². The molecular weight excluding hydrogens is 538 g/mol. The molecule has 2 amide bonds. The normalized spacial score (nSPS) is 16.7. The number of hydrazine groups is 1. The number of amides is 2. The smallest absolute Gasteiger partial charge is 0.388 e. The van der Waals surface area contributed by atoms with Gasteiger partial charge >= 0.3 is 6.09 Å². The number of anilines is 1. The number of para-hydroxylation sites is 1. The lowest BCUT2D eigenvalue weighted by atomic mass is 9.90. The van der Waals surface area contributed by atoms with Crippen LogP contribution < -0.4 is 20.7 Å². The molecule has 2 aliphatic rings. The monoisotopic (exact) mass is 571 g/mol. The number of fused-ring (bicyclic) bond motifs is 2. The molecule has 1 saturated heterocycles. The number of likely N-dealkylation sites (tertiary alicyclic amines) is 1. The molecule has 42 heavy (non-hydrogen) atoms. The molecule has 2 aromatic heterocycles. The Bertz CT molecular complexity index is 1660. The van der Waals surface area contributed by atoms with Crippen molar-refractivity contribution in [3.05, 3.63) is 88.6 Å². The van der Waals surface area contributed by atoms with E-state index in [1.807, 2.05) is 61.5 Å². The summed E-state index contributed by atoms with van der Waals surface area (Å²) in [5.74, 6) is 0.147. The largest absolute Gasteiger partial charge is 0.433 e. The van der Waals surface area contributed by atoms with Crippen molar-refractivity contribution >= 4 is 23.3 Å². The van der Waals surface area contributed by atoms with Gasteiger partial charge < -0.3 is 14.7 Å². The van der Waals surface area contributed by atoms with Crippen molar-refractivity contribution in [2.24, 2.45) is 0 Å². The summed E-state index contributed by atoms with van der Waals surface area (Å²) in [6.07, 6.45) is 3.71. The number of nitrogens with one attached hydrogen (secondary N) is 1. The summed E-state index contributed by atoms with van der Waals surface area (Å²) in [5, 5.41) is 17.2. The van der Waals surface area contributed by atoms with E-state index < -0.39 is 17.3 Å². The molecule has 1 atom stereocenters. The molecule has 2 N–H and O–H groups in total. The number of hydrogen-bond acceptors (Lipinski definition) is 8. The predicted molar refractivity (Wildman–Crippen MR) is 154 cm³/mol. The zero-order chi connectivity index (χ0) is 29.3. The minimum absolute atomic E-state index is 0.00510. The number of aliphatic hydroxyl groups is 1. The highest BCUT2D eigenvalue weighted by Crippen LogP contribution is 2.27. The van der Waals surface area contributed by atoms with Crippen LogP contribution in [0.1, 0.15) is 43.2 Å². The molecular formula is C30H33N7O5. The number of ether oxygens (including phenoxy) is 1. The molecule has 4 heterocycles. The van der Waals surface area contributed by atoms with Crippen LogP contribution in [0, 0.1) is 0 Å². The number of aromatic nitrogens is 4. The first kappa shape index (κ1) is 27.5. The topological polar surface area (TPSA) is 134 Å². The van der Waals surface area contributed by atoms with E-state index in [0.29, 0.717) is 38.9 Å². The fraction of sp³-hybridized carbons (Fsp3) is 0.367. The third-order valence-electron chi connectivity index (χ3n) is 8.14. The summed E-state index contributed by atoms with van der Waals surface area (Å²) < 4.78 is 7.88. The average molecular weight is 572 g/mol. The van der Waals surface area contributed by atoms with Crippen molar-refractivity contribution in [1.29, 1.82) is 0 Å². The van der Waals surface area contributed by atoms with Crippen LogP contribution >= 0.6 is 0 Å². The molecule has 2 aromatic carbocycles. The van der Waals surface area contributed by atoms with Crippen molar-refractivity contribution in [3.63, 3.8) is 0 Å². The van der Waals surface area contributed by atoms with E-state index in [-0.39, 0.29) is 29.9 Å². The van der Waals surface area contributed by atoms with Crippen molar-refractivity contribution < 1.29 is 19.4 Å². The van der Waals surface area contributed by atoms with Gasteiger partial charge in [0.05, 0.1) is 24.0 Å². The van der Waals surface area contributed by atoms with Gasteiger partial charge in [-0.25, -0.2) is 15.2 Å². The second-order valence-electron chi connectivity index (χ2n) is 11.0. The number of rotatable bonds is 7.